The molecule has 0 aromatic heterocycles. The van der Waals surface area contributed by atoms with E-state index in [4.69, 9.17) is 14.6 Å². The fourth-order valence-electron chi connectivity index (χ4n) is 3.36. The van der Waals surface area contributed by atoms with Gasteiger partial charge in [-0.25, -0.2) is 9.80 Å². The topological polar surface area (TPSA) is 105 Å². The molecule has 0 spiro atoms. The number of carbonyl (C=O) groups excluding carboxylic acids is 2. The lowest BCUT2D eigenvalue weighted by atomic mass is 10.1. The molecule has 0 unspecified atom stereocenters. The summed E-state index contributed by atoms with van der Waals surface area (Å²) < 4.78 is 11.9. The number of hydrazine groups is 1. The Hall–Kier alpha value is -4.11. The Bertz CT molecular complexity index is 1310. The third-order valence-corrected chi connectivity index (χ3v) is 5.74. The van der Waals surface area contributed by atoms with Crippen LogP contribution >= 0.6 is 15.9 Å². The average molecular weight is 523 g/mol. The highest BCUT2D eigenvalue weighted by molar-refractivity contribution is 9.10. The predicted molar refractivity (Wildman–Crippen MR) is 128 cm³/mol. The molecule has 172 valence electrons. The van der Waals surface area contributed by atoms with Gasteiger partial charge in [0, 0.05) is 4.47 Å². The zero-order chi connectivity index (χ0) is 24.2. The molecular formula is C25H19BrN2O6. The van der Waals surface area contributed by atoms with Crippen LogP contribution in [0.1, 0.15) is 21.5 Å². The van der Waals surface area contributed by atoms with Crippen molar-refractivity contribution in [3.8, 4) is 11.5 Å². The molecular weight excluding hydrogens is 504 g/mol. The van der Waals surface area contributed by atoms with Crippen LogP contribution in [0.5, 0.6) is 11.5 Å². The van der Waals surface area contributed by atoms with Gasteiger partial charge in [-0.3, -0.25) is 15.0 Å². The minimum Gasteiger partial charge on any atom is -0.493 e. The molecule has 1 aliphatic heterocycles. The lowest BCUT2D eigenvalue weighted by Gasteiger charge is -2.14. The van der Waals surface area contributed by atoms with Crippen molar-refractivity contribution in [2.45, 2.75) is 6.61 Å². The van der Waals surface area contributed by atoms with E-state index < -0.39 is 17.8 Å². The highest BCUT2D eigenvalue weighted by Crippen LogP contribution is 2.35. The smallest absolute Gasteiger partial charge is 0.335 e. The summed E-state index contributed by atoms with van der Waals surface area (Å²) >= 11 is 3.46. The van der Waals surface area contributed by atoms with Gasteiger partial charge in [-0.1, -0.05) is 46.3 Å². The first kappa shape index (κ1) is 23.1. The van der Waals surface area contributed by atoms with E-state index in [0.717, 1.165) is 0 Å². The number of ether oxygens (including phenoxy) is 2. The van der Waals surface area contributed by atoms with Gasteiger partial charge in [0.1, 0.15) is 12.2 Å². The van der Waals surface area contributed by atoms with Crippen molar-refractivity contribution in [2.24, 2.45) is 0 Å². The summed E-state index contributed by atoms with van der Waals surface area (Å²) in [5.74, 6) is -1.21. The van der Waals surface area contributed by atoms with E-state index in [1.165, 1.54) is 30.3 Å². The number of hydrogen-bond donors (Lipinski definition) is 2. The predicted octanol–water partition coefficient (Wildman–Crippen LogP) is 4.20. The van der Waals surface area contributed by atoms with Gasteiger partial charge >= 0.3 is 5.97 Å². The molecule has 9 heteroatoms. The van der Waals surface area contributed by atoms with Crippen LogP contribution in [0.3, 0.4) is 0 Å². The summed E-state index contributed by atoms with van der Waals surface area (Å²) in [5.41, 5.74) is 4.49. The molecule has 0 saturated carbocycles. The van der Waals surface area contributed by atoms with Gasteiger partial charge in [0.25, 0.3) is 11.8 Å². The van der Waals surface area contributed by atoms with Crippen molar-refractivity contribution in [3.63, 3.8) is 0 Å². The number of halogens is 1. The zero-order valence-electron chi connectivity index (χ0n) is 17.9. The number of amides is 2. The molecule has 1 aliphatic rings. The zero-order valence-corrected chi connectivity index (χ0v) is 19.5. The first-order valence-electron chi connectivity index (χ1n) is 10.1. The maximum atomic E-state index is 12.8. The molecule has 4 rings (SSSR count). The van der Waals surface area contributed by atoms with Crippen molar-refractivity contribution in [2.75, 3.05) is 12.1 Å². The normalized spacial score (nSPS) is 14.3. The second kappa shape index (κ2) is 9.80. The highest BCUT2D eigenvalue weighted by atomic mass is 79.9. The van der Waals surface area contributed by atoms with Crippen LogP contribution < -0.4 is 19.9 Å². The maximum absolute atomic E-state index is 12.8. The van der Waals surface area contributed by atoms with Crippen LogP contribution in [0, 0.1) is 0 Å². The molecule has 2 N–H and O–H groups in total. The Labute approximate surface area is 203 Å². The number of para-hydroxylation sites is 1. The SMILES string of the molecule is COc1cc(/C=C2/C(=O)NN(c3ccccc3)C2=O)c(Br)cc1OCc1cccc(C(=O)O)c1. The number of hydrogen-bond acceptors (Lipinski definition) is 5. The molecule has 0 aliphatic carbocycles. The molecule has 3 aromatic carbocycles. The fourth-order valence-corrected chi connectivity index (χ4v) is 3.80. The number of anilines is 1. The molecule has 1 saturated heterocycles. The first-order chi connectivity index (χ1) is 16.4. The number of benzene rings is 3. The average Bonchev–Trinajstić information content (AvgIpc) is 3.13. The largest absolute Gasteiger partial charge is 0.493 e. The van der Waals surface area contributed by atoms with E-state index in [2.05, 4.69) is 21.4 Å². The third-order valence-electron chi connectivity index (χ3n) is 5.06. The Morgan fingerprint density at radius 1 is 1.06 bits per heavy atom. The van der Waals surface area contributed by atoms with Gasteiger partial charge in [-0.2, -0.15) is 0 Å². The van der Waals surface area contributed by atoms with Crippen molar-refractivity contribution < 1.29 is 29.0 Å². The van der Waals surface area contributed by atoms with E-state index >= 15 is 0 Å². The van der Waals surface area contributed by atoms with E-state index in [1.54, 1.807) is 48.5 Å². The number of nitrogens with one attached hydrogen (secondary N) is 1. The molecule has 0 radical (unpaired) electrons. The van der Waals surface area contributed by atoms with Gasteiger partial charge < -0.3 is 14.6 Å². The molecule has 1 heterocycles. The lowest BCUT2D eigenvalue weighted by molar-refractivity contribution is -0.117. The first-order valence-corrected chi connectivity index (χ1v) is 10.9. The third kappa shape index (κ3) is 4.79. The number of methoxy groups -OCH3 is 1. The van der Waals surface area contributed by atoms with E-state index in [0.29, 0.717) is 32.8 Å². The number of carboxylic acid groups (broad SMARTS) is 1. The van der Waals surface area contributed by atoms with Gasteiger partial charge in [0.2, 0.25) is 0 Å². The summed E-state index contributed by atoms with van der Waals surface area (Å²) in [6.45, 7) is 0.122. The van der Waals surface area contributed by atoms with E-state index in [-0.39, 0.29) is 17.7 Å². The van der Waals surface area contributed by atoms with Crippen molar-refractivity contribution in [3.05, 3.63) is 93.5 Å². The Kier molecular flexibility index (Phi) is 6.65. The molecule has 1 fully saturated rings. The fraction of sp³-hybridized carbons (Fsp3) is 0.0800. The number of aromatic carboxylic acids is 1. The lowest BCUT2D eigenvalue weighted by Crippen LogP contribution is -2.35. The molecule has 0 atom stereocenters. The van der Waals surface area contributed by atoms with Crippen LogP contribution in [0.2, 0.25) is 0 Å². The van der Waals surface area contributed by atoms with Gasteiger partial charge in [-0.05, 0) is 53.6 Å². The number of carbonyl (C=O) groups is 3. The van der Waals surface area contributed by atoms with Crippen molar-refractivity contribution in [1.82, 2.24) is 5.43 Å². The van der Waals surface area contributed by atoms with Crippen LogP contribution in [0.4, 0.5) is 5.69 Å². The molecule has 34 heavy (non-hydrogen) atoms. The summed E-state index contributed by atoms with van der Waals surface area (Å²) in [6, 6.07) is 18.6. The van der Waals surface area contributed by atoms with Crippen molar-refractivity contribution >= 4 is 45.5 Å². The molecule has 8 nitrogen and oxygen atoms in total. The Morgan fingerprint density at radius 2 is 1.82 bits per heavy atom. The second-order valence-corrected chi connectivity index (χ2v) is 8.15. The molecule has 2 amide bonds. The minimum atomic E-state index is -1.02. The summed E-state index contributed by atoms with van der Waals surface area (Å²) in [7, 11) is 1.47. The van der Waals surface area contributed by atoms with E-state index in [9.17, 15) is 14.4 Å². The van der Waals surface area contributed by atoms with E-state index in [1.807, 2.05) is 6.07 Å². The van der Waals surface area contributed by atoms with Crippen LogP contribution in [0.15, 0.2) is 76.8 Å². The number of carboxylic acids is 1. The number of rotatable bonds is 7. The van der Waals surface area contributed by atoms with Gasteiger partial charge in [0.15, 0.2) is 11.5 Å². The second-order valence-electron chi connectivity index (χ2n) is 7.29. The summed E-state index contributed by atoms with van der Waals surface area (Å²) in [6.07, 6.45) is 1.48. The number of nitrogens with zero attached hydrogens (tertiary/aromatic N) is 1. The highest BCUT2D eigenvalue weighted by Gasteiger charge is 2.34. The summed E-state index contributed by atoms with van der Waals surface area (Å²) in [4.78, 5) is 36.5. The molecule has 0 bridgehead atoms. The van der Waals surface area contributed by atoms with Crippen LogP contribution in [0.25, 0.3) is 6.08 Å². The monoisotopic (exact) mass is 522 g/mol. The van der Waals surface area contributed by atoms with Gasteiger partial charge in [-0.15, -0.1) is 0 Å². The van der Waals surface area contributed by atoms with Crippen LogP contribution in [-0.2, 0) is 16.2 Å². The standard InChI is InChI=1S/C25H19BrN2O6/c1-33-21-12-17(11-19-23(29)27-28(24(19)30)18-8-3-2-4-9-18)20(26)13-22(21)34-14-15-6-5-7-16(10-15)25(31)32/h2-13H,14H2,1H3,(H,27,29)(H,31,32)/b19-11-. The summed E-state index contributed by atoms with van der Waals surface area (Å²) in [5, 5.41) is 10.3. The Balaban J connectivity index is 1.58. The maximum Gasteiger partial charge on any atom is 0.335 e. The van der Waals surface area contributed by atoms with Crippen molar-refractivity contribution in [1.29, 1.82) is 0 Å². The van der Waals surface area contributed by atoms with Crippen LogP contribution in [-0.4, -0.2) is 30.0 Å². The quantitative estimate of drug-likeness (QED) is 0.356. The Morgan fingerprint density at radius 3 is 2.53 bits per heavy atom. The molecule has 3 aromatic rings. The minimum absolute atomic E-state index is 0.0224. The van der Waals surface area contributed by atoms with Gasteiger partial charge in [0.05, 0.1) is 18.4 Å².